The summed E-state index contributed by atoms with van der Waals surface area (Å²) in [7, 11) is 1.54. The van der Waals surface area contributed by atoms with Crippen LogP contribution in [0.15, 0.2) is 18.2 Å². The maximum Gasteiger partial charge on any atom is 0.305 e. The molecule has 1 aliphatic heterocycles. The van der Waals surface area contributed by atoms with Crippen LogP contribution in [0.25, 0.3) is 0 Å². The quantitative estimate of drug-likeness (QED) is 0.836. The first kappa shape index (κ1) is 17.0. The fraction of sp³-hybridized carbons (Fsp3) is 0.471. The molecule has 1 saturated heterocycles. The van der Waals surface area contributed by atoms with Crippen LogP contribution in [0.3, 0.4) is 0 Å². The van der Waals surface area contributed by atoms with Gasteiger partial charge in [-0.1, -0.05) is 6.07 Å². The Balaban J connectivity index is 2.09. The van der Waals surface area contributed by atoms with Gasteiger partial charge in [0.15, 0.2) is 0 Å². The molecule has 2 amide bonds. The zero-order chi connectivity index (χ0) is 17.1. The highest BCUT2D eigenvalue weighted by molar-refractivity contribution is 6.09. The van der Waals surface area contributed by atoms with Crippen molar-refractivity contribution in [3.63, 3.8) is 0 Å². The van der Waals surface area contributed by atoms with Crippen molar-refractivity contribution in [2.75, 3.05) is 25.0 Å². The van der Waals surface area contributed by atoms with E-state index in [1.165, 1.54) is 11.9 Å². The lowest BCUT2D eigenvalue weighted by Gasteiger charge is -2.21. The second-order valence-corrected chi connectivity index (χ2v) is 6.08. The molecule has 2 rings (SSSR count). The van der Waals surface area contributed by atoms with Crippen molar-refractivity contribution in [2.45, 2.75) is 26.7 Å². The third-order valence-electron chi connectivity index (χ3n) is 4.06. The summed E-state index contributed by atoms with van der Waals surface area (Å²) in [4.78, 5) is 38.5. The van der Waals surface area contributed by atoms with Gasteiger partial charge in [0.05, 0.1) is 6.42 Å². The Bertz CT molecular complexity index is 621. The van der Waals surface area contributed by atoms with Crippen molar-refractivity contribution >= 4 is 23.5 Å². The number of amides is 2. The molecule has 1 N–H and O–H groups in total. The van der Waals surface area contributed by atoms with Crippen molar-refractivity contribution in [2.24, 2.45) is 5.92 Å². The Morgan fingerprint density at radius 3 is 2.43 bits per heavy atom. The SMILES string of the molecule is Cc1cc(C)cc(N2CC[C@@H](C(=O)N(C)CCC(=O)O)C2=O)c1. The molecule has 124 valence electrons. The van der Waals surface area contributed by atoms with Crippen LogP contribution in [-0.4, -0.2) is 47.9 Å². The molecular formula is C17H22N2O4. The van der Waals surface area contributed by atoms with E-state index in [1.807, 2.05) is 32.0 Å². The number of carbonyl (C=O) groups excluding carboxylic acids is 2. The molecule has 1 aromatic rings. The minimum Gasteiger partial charge on any atom is -0.481 e. The Labute approximate surface area is 135 Å². The number of hydrogen-bond donors (Lipinski definition) is 1. The van der Waals surface area contributed by atoms with E-state index in [0.717, 1.165) is 16.8 Å². The van der Waals surface area contributed by atoms with Crippen LogP contribution in [0.4, 0.5) is 5.69 Å². The number of hydrogen-bond acceptors (Lipinski definition) is 3. The summed E-state index contributed by atoms with van der Waals surface area (Å²) in [6, 6.07) is 5.91. The lowest BCUT2D eigenvalue weighted by molar-refractivity contribution is -0.140. The van der Waals surface area contributed by atoms with Gasteiger partial charge in [-0.05, 0) is 43.5 Å². The number of carboxylic acid groups (broad SMARTS) is 1. The highest BCUT2D eigenvalue weighted by Gasteiger charge is 2.39. The topological polar surface area (TPSA) is 77.9 Å². The van der Waals surface area contributed by atoms with Crippen molar-refractivity contribution in [3.05, 3.63) is 29.3 Å². The van der Waals surface area contributed by atoms with E-state index >= 15 is 0 Å². The van der Waals surface area contributed by atoms with Crippen LogP contribution < -0.4 is 4.90 Å². The van der Waals surface area contributed by atoms with Crippen molar-refractivity contribution < 1.29 is 19.5 Å². The van der Waals surface area contributed by atoms with E-state index in [-0.39, 0.29) is 24.8 Å². The van der Waals surface area contributed by atoms with Gasteiger partial charge in [0.25, 0.3) is 0 Å². The van der Waals surface area contributed by atoms with Crippen LogP contribution in [0.2, 0.25) is 0 Å². The van der Waals surface area contributed by atoms with Gasteiger partial charge < -0.3 is 14.9 Å². The molecule has 0 bridgehead atoms. The normalized spacial score (nSPS) is 17.4. The predicted octanol–water partition coefficient (Wildman–Crippen LogP) is 1.59. The zero-order valence-electron chi connectivity index (χ0n) is 13.7. The molecule has 0 aliphatic carbocycles. The summed E-state index contributed by atoms with van der Waals surface area (Å²) >= 11 is 0. The number of carboxylic acids is 1. The Morgan fingerprint density at radius 1 is 1.26 bits per heavy atom. The zero-order valence-corrected chi connectivity index (χ0v) is 13.7. The van der Waals surface area contributed by atoms with Gasteiger partial charge in [0.1, 0.15) is 5.92 Å². The van der Waals surface area contributed by atoms with Crippen molar-refractivity contribution in [3.8, 4) is 0 Å². The fourth-order valence-electron chi connectivity index (χ4n) is 2.91. The molecule has 1 aromatic carbocycles. The van der Waals surface area contributed by atoms with Gasteiger partial charge in [0, 0.05) is 25.8 Å². The van der Waals surface area contributed by atoms with E-state index in [1.54, 1.807) is 4.90 Å². The molecule has 1 atom stereocenters. The minimum atomic E-state index is -0.959. The second kappa shape index (κ2) is 6.81. The van der Waals surface area contributed by atoms with Crippen LogP contribution in [0.5, 0.6) is 0 Å². The molecule has 0 radical (unpaired) electrons. The largest absolute Gasteiger partial charge is 0.481 e. The highest BCUT2D eigenvalue weighted by atomic mass is 16.4. The van der Waals surface area contributed by atoms with Crippen LogP contribution >= 0.6 is 0 Å². The van der Waals surface area contributed by atoms with E-state index < -0.39 is 11.9 Å². The first-order chi connectivity index (χ1) is 10.8. The molecule has 23 heavy (non-hydrogen) atoms. The van der Waals surface area contributed by atoms with Gasteiger partial charge in [0.2, 0.25) is 11.8 Å². The molecule has 6 heteroatoms. The van der Waals surface area contributed by atoms with Crippen LogP contribution in [0.1, 0.15) is 24.0 Å². The van der Waals surface area contributed by atoms with Gasteiger partial charge in [-0.2, -0.15) is 0 Å². The molecule has 0 unspecified atom stereocenters. The standard InChI is InChI=1S/C17H22N2O4/c1-11-8-12(2)10-13(9-11)19-7-4-14(17(19)23)16(22)18(3)6-5-15(20)21/h8-10,14H,4-7H2,1-3H3,(H,20,21)/t14-/m0/s1. The Hall–Kier alpha value is -2.37. The third kappa shape index (κ3) is 3.88. The van der Waals surface area contributed by atoms with E-state index in [4.69, 9.17) is 5.11 Å². The van der Waals surface area contributed by atoms with Gasteiger partial charge in [-0.3, -0.25) is 14.4 Å². The molecule has 1 heterocycles. The molecule has 0 saturated carbocycles. The van der Waals surface area contributed by atoms with Crippen LogP contribution in [0, 0.1) is 19.8 Å². The summed E-state index contributed by atoms with van der Waals surface area (Å²) in [6.45, 7) is 4.56. The average Bonchev–Trinajstić information content (AvgIpc) is 2.84. The summed E-state index contributed by atoms with van der Waals surface area (Å²) in [6.07, 6.45) is 0.339. The molecule has 1 fully saturated rings. The summed E-state index contributed by atoms with van der Waals surface area (Å²) in [5.74, 6) is -2.18. The number of aryl methyl sites for hydroxylation is 2. The number of nitrogens with zero attached hydrogens (tertiary/aromatic N) is 2. The number of carbonyl (C=O) groups is 3. The summed E-state index contributed by atoms with van der Waals surface area (Å²) < 4.78 is 0. The maximum absolute atomic E-state index is 12.6. The smallest absolute Gasteiger partial charge is 0.305 e. The maximum atomic E-state index is 12.6. The van der Waals surface area contributed by atoms with E-state index in [0.29, 0.717) is 13.0 Å². The van der Waals surface area contributed by atoms with Crippen molar-refractivity contribution in [1.82, 2.24) is 4.90 Å². The molecule has 0 aromatic heterocycles. The summed E-state index contributed by atoms with van der Waals surface area (Å²) in [5.41, 5.74) is 2.96. The van der Waals surface area contributed by atoms with Crippen molar-refractivity contribution in [1.29, 1.82) is 0 Å². The molecular weight excluding hydrogens is 296 g/mol. The average molecular weight is 318 g/mol. The number of rotatable bonds is 5. The first-order valence-corrected chi connectivity index (χ1v) is 7.66. The molecule has 0 spiro atoms. The number of aliphatic carboxylic acids is 1. The first-order valence-electron chi connectivity index (χ1n) is 7.66. The van der Waals surface area contributed by atoms with Gasteiger partial charge >= 0.3 is 5.97 Å². The summed E-state index contributed by atoms with van der Waals surface area (Å²) in [5, 5.41) is 8.69. The number of benzene rings is 1. The lowest BCUT2D eigenvalue weighted by Crippen LogP contribution is -2.39. The third-order valence-corrected chi connectivity index (χ3v) is 4.06. The monoisotopic (exact) mass is 318 g/mol. The van der Waals surface area contributed by atoms with E-state index in [2.05, 4.69) is 0 Å². The van der Waals surface area contributed by atoms with E-state index in [9.17, 15) is 14.4 Å². The fourth-order valence-corrected chi connectivity index (χ4v) is 2.91. The van der Waals surface area contributed by atoms with Gasteiger partial charge in [-0.25, -0.2) is 0 Å². The lowest BCUT2D eigenvalue weighted by atomic mass is 10.1. The highest BCUT2D eigenvalue weighted by Crippen LogP contribution is 2.28. The van der Waals surface area contributed by atoms with Gasteiger partial charge in [-0.15, -0.1) is 0 Å². The Kier molecular flexibility index (Phi) is 5.03. The molecule has 1 aliphatic rings. The predicted molar refractivity (Wildman–Crippen MR) is 86.3 cm³/mol. The minimum absolute atomic E-state index is 0.113. The molecule has 6 nitrogen and oxygen atoms in total. The van der Waals surface area contributed by atoms with Crippen LogP contribution in [-0.2, 0) is 14.4 Å². The number of anilines is 1. The Morgan fingerprint density at radius 2 is 1.87 bits per heavy atom. The second-order valence-electron chi connectivity index (χ2n) is 6.08.